The lowest BCUT2D eigenvalue weighted by molar-refractivity contribution is 1.08. The molecule has 0 spiro atoms. The summed E-state index contributed by atoms with van der Waals surface area (Å²) in [7, 11) is 0. The van der Waals surface area contributed by atoms with Crippen molar-refractivity contribution in [2.24, 2.45) is 5.73 Å². The minimum absolute atomic E-state index is 0.545. The van der Waals surface area contributed by atoms with E-state index >= 15 is 0 Å². The number of hydrogen-bond acceptors (Lipinski definition) is 2. The number of H-pyrrole nitrogens is 1. The van der Waals surface area contributed by atoms with Gasteiger partial charge in [0.25, 0.3) is 0 Å². The standard InChI is InChI=1S/C8H8BrN3/c9-7-2-1-6-5(3-10)4-11-8(6)12-7/h1-2,4H,3,10H2,(H,11,12). The fraction of sp³-hybridized carbons (Fsp3) is 0.125. The lowest BCUT2D eigenvalue weighted by Crippen LogP contribution is -1.93. The van der Waals surface area contributed by atoms with Gasteiger partial charge in [-0.15, -0.1) is 0 Å². The zero-order valence-electron chi connectivity index (χ0n) is 6.34. The third-order valence-electron chi connectivity index (χ3n) is 1.81. The highest BCUT2D eigenvalue weighted by atomic mass is 79.9. The molecule has 0 saturated heterocycles. The fourth-order valence-corrected chi connectivity index (χ4v) is 1.52. The van der Waals surface area contributed by atoms with E-state index in [2.05, 4.69) is 25.9 Å². The first-order valence-electron chi connectivity index (χ1n) is 3.64. The van der Waals surface area contributed by atoms with E-state index in [1.54, 1.807) is 0 Å². The number of hydrogen-bond donors (Lipinski definition) is 2. The first-order valence-corrected chi connectivity index (χ1v) is 4.43. The minimum atomic E-state index is 0.545. The molecule has 0 atom stereocenters. The van der Waals surface area contributed by atoms with Crippen LogP contribution < -0.4 is 5.73 Å². The van der Waals surface area contributed by atoms with Gasteiger partial charge in [0.2, 0.25) is 0 Å². The summed E-state index contributed by atoms with van der Waals surface area (Å²) in [6, 6.07) is 3.92. The van der Waals surface area contributed by atoms with Crippen molar-refractivity contribution in [2.45, 2.75) is 6.54 Å². The van der Waals surface area contributed by atoms with E-state index in [0.717, 1.165) is 21.2 Å². The van der Waals surface area contributed by atoms with Crippen LogP contribution in [-0.4, -0.2) is 9.97 Å². The van der Waals surface area contributed by atoms with Crippen LogP contribution in [0.2, 0.25) is 0 Å². The lowest BCUT2D eigenvalue weighted by Gasteiger charge is -1.92. The van der Waals surface area contributed by atoms with Gasteiger partial charge in [-0.2, -0.15) is 0 Å². The monoisotopic (exact) mass is 225 g/mol. The number of pyridine rings is 1. The third-order valence-corrected chi connectivity index (χ3v) is 2.25. The van der Waals surface area contributed by atoms with Gasteiger partial charge in [0.15, 0.2) is 0 Å². The molecular formula is C8H8BrN3. The summed E-state index contributed by atoms with van der Waals surface area (Å²) in [5, 5.41) is 1.10. The summed E-state index contributed by atoms with van der Waals surface area (Å²) in [5.74, 6) is 0. The molecule has 2 rings (SSSR count). The molecule has 0 aliphatic carbocycles. The van der Waals surface area contributed by atoms with Crippen molar-refractivity contribution in [1.82, 2.24) is 9.97 Å². The number of fused-ring (bicyclic) bond motifs is 1. The van der Waals surface area contributed by atoms with Gasteiger partial charge in [-0.05, 0) is 33.6 Å². The zero-order chi connectivity index (χ0) is 8.55. The van der Waals surface area contributed by atoms with Gasteiger partial charge >= 0.3 is 0 Å². The highest BCUT2D eigenvalue weighted by Gasteiger charge is 2.02. The summed E-state index contributed by atoms with van der Waals surface area (Å²) in [6.45, 7) is 0.545. The molecule has 2 aromatic rings. The predicted octanol–water partition coefficient (Wildman–Crippen LogP) is 1.78. The lowest BCUT2D eigenvalue weighted by atomic mass is 10.2. The van der Waals surface area contributed by atoms with Gasteiger partial charge in [-0.25, -0.2) is 4.98 Å². The first kappa shape index (κ1) is 7.76. The molecule has 0 radical (unpaired) electrons. The number of aromatic amines is 1. The van der Waals surface area contributed by atoms with Crippen LogP contribution in [0.25, 0.3) is 11.0 Å². The van der Waals surface area contributed by atoms with Gasteiger partial charge in [0.05, 0.1) is 0 Å². The molecule has 0 aliphatic heterocycles. The largest absolute Gasteiger partial charge is 0.346 e. The summed E-state index contributed by atoms with van der Waals surface area (Å²) in [4.78, 5) is 7.31. The maximum Gasteiger partial charge on any atom is 0.138 e. The molecule has 0 saturated carbocycles. The van der Waals surface area contributed by atoms with Crippen molar-refractivity contribution < 1.29 is 0 Å². The zero-order valence-corrected chi connectivity index (χ0v) is 7.93. The second-order valence-electron chi connectivity index (χ2n) is 2.55. The van der Waals surface area contributed by atoms with E-state index in [1.807, 2.05) is 18.3 Å². The van der Waals surface area contributed by atoms with Crippen LogP contribution in [0.15, 0.2) is 22.9 Å². The molecule has 0 aromatic carbocycles. The van der Waals surface area contributed by atoms with Gasteiger partial charge in [0, 0.05) is 18.1 Å². The smallest absolute Gasteiger partial charge is 0.138 e. The van der Waals surface area contributed by atoms with E-state index in [1.165, 1.54) is 0 Å². The highest BCUT2D eigenvalue weighted by Crippen LogP contribution is 2.18. The molecule has 2 aromatic heterocycles. The second kappa shape index (κ2) is 2.88. The quantitative estimate of drug-likeness (QED) is 0.728. The van der Waals surface area contributed by atoms with Crippen LogP contribution >= 0.6 is 15.9 Å². The number of aromatic nitrogens is 2. The van der Waals surface area contributed by atoms with Gasteiger partial charge in [-0.1, -0.05) is 0 Å². The number of nitrogens with one attached hydrogen (secondary N) is 1. The number of rotatable bonds is 1. The molecular weight excluding hydrogens is 218 g/mol. The maximum absolute atomic E-state index is 5.54. The Morgan fingerprint density at radius 1 is 1.50 bits per heavy atom. The fourth-order valence-electron chi connectivity index (χ4n) is 1.21. The molecule has 0 unspecified atom stereocenters. The van der Waals surface area contributed by atoms with Crippen molar-refractivity contribution in [2.75, 3.05) is 0 Å². The van der Waals surface area contributed by atoms with E-state index in [-0.39, 0.29) is 0 Å². The Morgan fingerprint density at radius 2 is 2.33 bits per heavy atom. The third kappa shape index (κ3) is 1.13. The molecule has 0 bridgehead atoms. The molecule has 4 heteroatoms. The average Bonchev–Trinajstić information content (AvgIpc) is 2.46. The Hall–Kier alpha value is -0.870. The van der Waals surface area contributed by atoms with Crippen LogP contribution in [-0.2, 0) is 6.54 Å². The maximum atomic E-state index is 5.54. The van der Waals surface area contributed by atoms with Gasteiger partial charge in [0.1, 0.15) is 10.3 Å². The number of halogens is 1. The number of nitrogens with two attached hydrogens (primary N) is 1. The van der Waals surface area contributed by atoms with Crippen molar-refractivity contribution in [3.63, 3.8) is 0 Å². The van der Waals surface area contributed by atoms with Crippen LogP contribution in [0, 0.1) is 0 Å². The summed E-state index contributed by atoms with van der Waals surface area (Å²) >= 11 is 3.30. The summed E-state index contributed by atoms with van der Waals surface area (Å²) < 4.78 is 0.834. The van der Waals surface area contributed by atoms with Gasteiger partial charge < -0.3 is 10.7 Å². The highest BCUT2D eigenvalue weighted by molar-refractivity contribution is 9.10. The van der Waals surface area contributed by atoms with Crippen molar-refractivity contribution in [1.29, 1.82) is 0 Å². The Labute approximate surface area is 78.1 Å². The molecule has 2 heterocycles. The Kier molecular flexibility index (Phi) is 1.86. The van der Waals surface area contributed by atoms with Crippen molar-refractivity contribution in [3.05, 3.63) is 28.5 Å². The van der Waals surface area contributed by atoms with Gasteiger partial charge in [-0.3, -0.25) is 0 Å². The molecule has 3 N–H and O–H groups in total. The van der Waals surface area contributed by atoms with Crippen LogP contribution in [0.1, 0.15) is 5.56 Å². The van der Waals surface area contributed by atoms with Crippen molar-refractivity contribution >= 4 is 27.0 Å². The normalized spacial score (nSPS) is 10.8. The minimum Gasteiger partial charge on any atom is -0.346 e. The Bertz CT molecular complexity index is 408. The van der Waals surface area contributed by atoms with E-state index in [9.17, 15) is 0 Å². The SMILES string of the molecule is NCc1c[nH]c2nc(Br)ccc12. The average molecular weight is 226 g/mol. The molecule has 12 heavy (non-hydrogen) atoms. The van der Waals surface area contributed by atoms with Crippen LogP contribution in [0.3, 0.4) is 0 Å². The van der Waals surface area contributed by atoms with Crippen LogP contribution in [0.5, 0.6) is 0 Å². The van der Waals surface area contributed by atoms with Crippen molar-refractivity contribution in [3.8, 4) is 0 Å². The molecule has 62 valence electrons. The van der Waals surface area contributed by atoms with E-state index in [4.69, 9.17) is 5.73 Å². The predicted molar refractivity (Wildman–Crippen MR) is 51.7 cm³/mol. The Balaban J connectivity index is 2.73. The Morgan fingerprint density at radius 3 is 3.08 bits per heavy atom. The molecule has 0 aliphatic rings. The molecule has 3 nitrogen and oxygen atoms in total. The molecule has 0 amide bonds. The first-order chi connectivity index (χ1) is 5.81. The van der Waals surface area contributed by atoms with E-state index in [0.29, 0.717) is 6.54 Å². The number of nitrogens with zero attached hydrogens (tertiary/aromatic N) is 1. The second-order valence-corrected chi connectivity index (χ2v) is 3.36. The topological polar surface area (TPSA) is 54.7 Å². The summed E-state index contributed by atoms with van der Waals surface area (Å²) in [5.41, 5.74) is 7.52. The van der Waals surface area contributed by atoms with Crippen LogP contribution in [0.4, 0.5) is 0 Å². The molecule has 0 fully saturated rings. The van der Waals surface area contributed by atoms with E-state index < -0.39 is 0 Å². The summed E-state index contributed by atoms with van der Waals surface area (Å²) in [6.07, 6.45) is 1.89.